The van der Waals surface area contributed by atoms with Crippen LogP contribution in [0.1, 0.15) is 0 Å². The number of nitrogens with one attached hydrogen (secondary N) is 1. The maximum atomic E-state index is 11.3. The molecule has 0 aliphatic rings. The minimum absolute atomic E-state index is 0.0717. The average Bonchev–Trinajstić information content (AvgIpc) is 2.34. The van der Waals surface area contributed by atoms with Gasteiger partial charge in [0.25, 0.3) is 5.91 Å². The van der Waals surface area contributed by atoms with Gasteiger partial charge in [0.15, 0.2) is 6.61 Å². The first-order chi connectivity index (χ1) is 8.34. The Bertz CT molecular complexity index is 510. The molecule has 0 aliphatic carbocycles. The van der Waals surface area contributed by atoms with Gasteiger partial charge in [-0.15, -0.1) is 0 Å². The van der Waals surface area contributed by atoms with Gasteiger partial charge in [-0.2, -0.15) is 0 Å². The summed E-state index contributed by atoms with van der Waals surface area (Å²) in [6.07, 6.45) is 1.13. The third kappa shape index (κ3) is 3.92. The second kappa shape index (κ2) is 5.72. The van der Waals surface area contributed by atoms with Crippen LogP contribution in [0.3, 0.4) is 0 Å². The maximum absolute atomic E-state index is 11.3. The monoisotopic (exact) mass is 272 g/mol. The molecule has 18 heavy (non-hydrogen) atoms. The predicted octanol–water partition coefficient (Wildman–Crippen LogP) is 0.207. The molecule has 0 fully saturated rings. The number of benzene rings is 1. The molecule has 1 aromatic carbocycles. The number of likely N-dealkylation sites (N-methyl/N-ethyl adjacent to an activating group) is 1. The van der Waals surface area contributed by atoms with E-state index >= 15 is 0 Å². The minimum Gasteiger partial charge on any atom is -0.484 e. The fraction of sp³-hybridized carbons (Fsp3) is 0.364. The van der Waals surface area contributed by atoms with E-state index < -0.39 is 10.0 Å². The Labute approximate surface area is 107 Å². The summed E-state index contributed by atoms with van der Waals surface area (Å²) in [6.45, 7) is -0.0717. The Kier molecular flexibility index (Phi) is 4.55. The Morgan fingerprint density at radius 3 is 2.33 bits per heavy atom. The molecule has 0 bridgehead atoms. The van der Waals surface area contributed by atoms with Crippen LogP contribution in [0.25, 0.3) is 0 Å². The summed E-state index contributed by atoms with van der Waals surface area (Å²) in [4.78, 5) is 11.0. The van der Waals surface area contributed by atoms with Crippen molar-refractivity contribution in [1.29, 1.82) is 0 Å². The summed E-state index contributed by atoms with van der Waals surface area (Å²) >= 11 is 0. The van der Waals surface area contributed by atoms with Crippen LogP contribution in [0.5, 0.6) is 5.75 Å². The van der Waals surface area contributed by atoms with Gasteiger partial charge in [-0.25, -0.2) is 8.42 Å². The molecule has 0 heterocycles. The molecule has 0 spiro atoms. The number of amides is 1. The first-order valence-electron chi connectivity index (χ1n) is 5.22. The molecular weight excluding hydrogens is 256 g/mol. The summed E-state index contributed by atoms with van der Waals surface area (Å²) in [5, 5.41) is 2.43. The van der Waals surface area contributed by atoms with Gasteiger partial charge in [0, 0.05) is 14.1 Å². The van der Waals surface area contributed by atoms with Gasteiger partial charge < -0.3 is 10.1 Å². The first kappa shape index (κ1) is 14.3. The highest BCUT2D eigenvalue weighted by atomic mass is 32.2. The zero-order valence-corrected chi connectivity index (χ0v) is 11.3. The van der Waals surface area contributed by atoms with Crippen molar-refractivity contribution >= 4 is 21.6 Å². The average molecular weight is 272 g/mol. The van der Waals surface area contributed by atoms with E-state index in [1.807, 2.05) is 0 Å². The van der Waals surface area contributed by atoms with Crippen molar-refractivity contribution in [2.45, 2.75) is 0 Å². The number of ether oxygens (including phenoxy) is 1. The highest BCUT2D eigenvalue weighted by Crippen LogP contribution is 2.19. The largest absolute Gasteiger partial charge is 0.484 e. The first-order valence-corrected chi connectivity index (χ1v) is 7.07. The van der Waals surface area contributed by atoms with E-state index in [1.165, 1.54) is 14.1 Å². The van der Waals surface area contributed by atoms with Crippen LogP contribution in [0, 0.1) is 0 Å². The predicted molar refractivity (Wildman–Crippen MR) is 69.3 cm³/mol. The summed E-state index contributed by atoms with van der Waals surface area (Å²) in [5.41, 5.74) is 0.532. The number of carbonyl (C=O) groups excluding carboxylic acids is 1. The lowest BCUT2D eigenvalue weighted by Crippen LogP contribution is -2.25. The van der Waals surface area contributed by atoms with Crippen molar-refractivity contribution in [3.8, 4) is 5.75 Å². The van der Waals surface area contributed by atoms with Gasteiger partial charge in [-0.1, -0.05) is 0 Å². The van der Waals surface area contributed by atoms with E-state index in [-0.39, 0.29) is 12.5 Å². The number of hydrogen-bond acceptors (Lipinski definition) is 4. The third-order valence-electron chi connectivity index (χ3n) is 2.35. The molecule has 0 atom stereocenters. The topological polar surface area (TPSA) is 75.7 Å². The van der Waals surface area contributed by atoms with Crippen LogP contribution in [0.4, 0.5) is 5.69 Å². The number of hydrogen-bond donors (Lipinski definition) is 1. The Morgan fingerprint density at radius 1 is 1.33 bits per heavy atom. The van der Waals surface area contributed by atoms with Crippen LogP contribution in [0.2, 0.25) is 0 Å². The highest BCUT2D eigenvalue weighted by molar-refractivity contribution is 7.92. The Balaban J connectivity index is 2.72. The zero-order valence-electron chi connectivity index (χ0n) is 10.5. The van der Waals surface area contributed by atoms with Gasteiger partial charge in [0.2, 0.25) is 10.0 Å². The van der Waals surface area contributed by atoms with Crippen LogP contribution in [-0.4, -0.2) is 41.3 Å². The van der Waals surface area contributed by atoms with Crippen molar-refractivity contribution < 1.29 is 17.9 Å². The fourth-order valence-electron chi connectivity index (χ4n) is 1.16. The van der Waals surface area contributed by atoms with E-state index in [9.17, 15) is 13.2 Å². The van der Waals surface area contributed by atoms with E-state index in [0.717, 1.165) is 10.6 Å². The number of carbonyl (C=O) groups is 1. The maximum Gasteiger partial charge on any atom is 0.257 e. The summed E-state index contributed by atoms with van der Waals surface area (Å²) in [6, 6.07) is 6.44. The van der Waals surface area contributed by atoms with Crippen LogP contribution < -0.4 is 14.4 Å². The second-order valence-electron chi connectivity index (χ2n) is 3.69. The third-order valence-corrected chi connectivity index (χ3v) is 3.55. The molecule has 0 unspecified atom stereocenters. The van der Waals surface area contributed by atoms with Gasteiger partial charge in [0.05, 0.1) is 11.9 Å². The highest BCUT2D eigenvalue weighted by Gasteiger charge is 2.11. The molecule has 1 amide bonds. The fourth-order valence-corrected chi connectivity index (χ4v) is 1.67. The SMILES string of the molecule is CNC(=O)COc1ccc(N(C)S(C)(=O)=O)cc1. The van der Waals surface area contributed by atoms with Gasteiger partial charge in [-0.05, 0) is 24.3 Å². The minimum atomic E-state index is -3.27. The van der Waals surface area contributed by atoms with E-state index in [0.29, 0.717) is 11.4 Å². The van der Waals surface area contributed by atoms with Crippen molar-refractivity contribution in [2.75, 3.05) is 31.3 Å². The number of rotatable bonds is 5. The van der Waals surface area contributed by atoms with E-state index in [1.54, 1.807) is 24.3 Å². The molecular formula is C11H16N2O4S. The summed E-state index contributed by atoms with van der Waals surface area (Å²) in [7, 11) is -0.278. The van der Waals surface area contributed by atoms with Crippen molar-refractivity contribution in [2.24, 2.45) is 0 Å². The summed E-state index contributed by atoms with van der Waals surface area (Å²) in [5.74, 6) is 0.275. The number of sulfonamides is 1. The van der Waals surface area contributed by atoms with Gasteiger partial charge in [0.1, 0.15) is 5.75 Å². The lowest BCUT2D eigenvalue weighted by Gasteiger charge is -2.16. The lowest BCUT2D eigenvalue weighted by molar-refractivity contribution is -0.122. The second-order valence-corrected chi connectivity index (χ2v) is 5.70. The molecule has 0 aromatic heterocycles. The molecule has 0 saturated heterocycles. The quantitative estimate of drug-likeness (QED) is 0.831. The van der Waals surface area contributed by atoms with E-state index in [4.69, 9.17) is 4.74 Å². The number of nitrogens with zero attached hydrogens (tertiary/aromatic N) is 1. The zero-order chi connectivity index (χ0) is 13.8. The van der Waals surface area contributed by atoms with Crippen LogP contribution >= 0.6 is 0 Å². The molecule has 1 aromatic rings. The van der Waals surface area contributed by atoms with Crippen molar-refractivity contribution in [1.82, 2.24) is 5.32 Å². The normalized spacial score (nSPS) is 10.8. The molecule has 100 valence electrons. The molecule has 1 rings (SSSR count). The van der Waals surface area contributed by atoms with Crippen LogP contribution in [0.15, 0.2) is 24.3 Å². The standard InChI is InChI=1S/C11H16N2O4S/c1-12-11(14)8-17-10-6-4-9(5-7-10)13(2)18(3,15)16/h4-7H,8H2,1-3H3,(H,12,14). The smallest absolute Gasteiger partial charge is 0.257 e. The lowest BCUT2D eigenvalue weighted by atomic mass is 10.3. The molecule has 7 heteroatoms. The molecule has 1 N–H and O–H groups in total. The molecule has 6 nitrogen and oxygen atoms in total. The van der Waals surface area contributed by atoms with Crippen molar-refractivity contribution in [3.63, 3.8) is 0 Å². The van der Waals surface area contributed by atoms with Gasteiger partial charge in [-0.3, -0.25) is 9.10 Å². The Morgan fingerprint density at radius 2 is 1.89 bits per heavy atom. The summed E-state index contributed by atoms with van der Waals surface area (Å²) < 4.78 is 29.0. The van der Waals surface area contributed by atoms with Crippen LogP contribution in [-0.2, 0) is 14.8 Å². The molecule has 0 radical (unpaired) electrons. The molecule has 0 saturated carbocycles. The van der Waals surface area contributed by atoms with Crippen molar-refractivity contribution in [3.05, 3.63) is 24.3 Å². The molecule has 0 aliphatic heterocycles. The Hall–Kier alpha value is -1.76. The number of anilines is 1. The van der Waals surface area contributed by atoms with E-state index in [2.05, 4.69) is 5.32 Å². The van der Waals surface area contributed by atoms with Gasteiger partial charge >= 0.3 is 0 Å².